The molecule has 2 N–H and O–H groups in total. The third-order valence-corrected chi connectivity index (χ3v) is 4.55. The maximum Gasteiger partial charge on any atom is 0.235 e. The van der Waals surface area contributed by atoms with Crippen molar-refractivity contribution in [3.63, 3.8) is 0 Å². The molecule has 0 aromatic heterocycles. The largest absolute Gasteiger partial charge is 0.340 e. The van der Waals surface area contributed by atoms with Gasteiger partial charge in [-0.2, -0.15) is 0 Å². The minimum Gasteiger partial charge on any atom is -0.340 e. The summed E-state index contributed by atoms with van der Waals surface area (Å²) in [5.74, 6) is 1.93. The molecule has 0 saturated carbocycles. The smallest absolute Gasteiger partial charge is 0.235 e. The van der Waals surface area contributed by atoms with Crippen molar-refractivity contribution in [2.75, 3.05) is 18.8 Å². The van der Waals surface area contributed by atoms with Crippen molar-refractivity contribution in [2.24, 2.45) is 11.7 Å². The highest BCUT2D eigenvalue weighted by molar-refractivity contribution is 8.00. The quantitative estimate of drug-likeness (QED) is 0.698. The second-order valence-corrected chi connectivity index (χ2v) is 5.70. The average Bonchev–Trinajstić information content (AvgIpc) is 2.76. The lowest BCUT2D eigenvalue weighted by atomic mass is 10.1. The van der Waals surface area contributed by atoms with Gasteiger partial charge < -0.3 is 10.6 Å². The van der Waals surface area contributed by atoms with Gasteiger partial charge in [0.15, 0.2) is 0 Å². The number of amides is 1. The molecule has 4 heteroatoms. The van der Waals surface area contributed by atoms with E-state index in [1.807, 2.05) is 16.7 Å². The van der Waals surface area contributed by atoms with Crippen LogP contribution in [0, 0.1) is 5.92 Å². The summed E-state index contributed by atoms with van der Waals surface area (Å²) in [5.41, 5.74) is 5.90. The van der Waals surface area contributed by atoms with E-state index < -0.39 is 0 Å². The fraction of sp³-hybridized carbons (Fsp3) is 0.900. The normalized spacial score (nSPS) is 37.9. The van der Waals surface area contributed by atoms with E-state index >= 15 is 0 Å². The van der Waals surface area contributed by atoms with Gasteiger partial charge in [0, 0.05) is 19.1 Å². The van der Waals surface area contributed by atoms with Crippen molar-refractivity contribution in [1.29, 1.82) is 0 Å². The number of carbonyl (C=O) groups excluding carboxylic acids is 1. The molecule has 0 radical (unpaired) electrons. The van der Waals surface area contributed by atoms with E-state index in [4.69, 9.17) is 5.73 Å². The number of nitrogens with two attached hydrogens (primary N) is 1. The third kappa shape index (κ3) is 1.91. The molecule has 0 bridgehead atoms. The molecule has 2 aliphatic heterocycles. The number of hydrogen-bond donors (Lipinski definition) is 1. The second kappa shape index (κ2) is 4.11. The number of likely N-dealkylation sites (tertiary alicyclic amines) is 1. The van der Waals surface area contributed by atoms with Crippen LogP contribution in [0.4, 0.5) is 0 Å². The zero-order valence-electron chi connectivity index (χ0n) is 8.61. The monoisotopic (exact) mass is 214 g/mol. The Hall–Kier alpha value is -0.220. The molecule has 3 nitrogen and oxygen atoms in total. The molecule has 3 atom stereocenters. The average molecular weight is 214 g/mol. The maximum absolute atomic E-state index is 12.0. The fourth-order valence-corrected chi connectivity index (χ4v) is 3.39. The van der Waals surface area contributed by atoms with E-state index in [1.165, 1.54) is 6.42 Å². The van der Waals surface area contributed by atoms with Crippen LogP contribution in [0.5, 0.6) is 0 Å². The molecule has 3 unspecified atom stereocenters. The first-order valence-electron chi connectivity index (χ1n) is 5.34. The van der Waals surface area contributed by atoms with E-state index in [2.05, 4.69) is 6.92 Å². The van der Waals surface area contributed by atoms with Gasteiger partial charge >= 0.3 is 0 Å². The zero-order chi connectivity index (χ0) is 10.1. The first-order valence-corrected chi connectivity index (χ1v) is 6.39. The molecular formula is C10H18N2OS. The van der Waals surface area contributed by atoms with Gasteiger partial charge in [-0.1, -0.05) is 6.92 Å². The van der Waals surface area contributed by atoms with E-state index in [0.29, 0.717) is 11.8 Å². The van der Waals surface area contributed by atoms with Crippen LogP contribution in [-0.4, -0.2) is 40.9 Å². The predicted molar refractivity (Wildman–Crippen MR) is 59.2 cm³/mol. The fourth-order valence-electron chi connectivity index (χ4n) is 2.15. The Kier molecular flexibility index (Phi) is 3.02. The van der Waals surface area contributed by atoms with Gasteiger partial charge in [-0.25, -0.2) is 0 Å². The van der Waals surface area contributed by atoms with Crippen LogP contribution in [0.3, 0.4) is 0 Å². The van der Waals surface area contributed by atoms with Gasteiger partial charge in [0.05, 0.1) is 5.25 Å². The van der Waals surface area contributed by atoms with Crippen LogP contribution >= 0.6 is 11.8 Å². The molecular weight excluding hydrogens is 196 g/mol. The Morgan fingerprint density at radius 2 is 2.29 bits per heavy atom. The van der Waals surface area contributed by atoms with Crippen LogP contribution in [-0.2, 0) is 4.79 Å². The minimum absolute atomic E-state index is 0.186. The summed E-state index contributed by atoms with van der Waals surface area (Å²) in [6, 6.07) is 0.186. The lowest BCUT2D eigenvalue weighted by molar-refractivity contribution is -0.129. The topological polar surface area (TPSA) is 46.3 Å². The third-order valence-electron chi connectivity index (χ3n) is 3.19. The molecule has 2 fully saturated rings. The molecule has 2 saturated heterocycles. The van der Waals surface area contributed by atoms with Crippen LogP contribution in [0.2, 0.25) is 0 Å². The Balaban J connectivity index is 1.92. The van der Waals surface area contributed by atoms with Crippen LogP contribution in [0.15, 0.2) is 0 Å². The van der Waals surface area contributed by atoms with Crippen molar-refractivity contribution in [1.82, 2.24) is 4.90 Å². The van der Waals surface area contributed by atoms with Gasteiger partial charge in [-0.3, -0.25) is 4.79 Å². The minimum atomic E-state index is 0.186. The van der Waals surface area contributed by atoms with Crippen molar-refractivity contribution < 1.29 is 4.79 Å². The van der Waals surface area contributed by atoms with Crippen LogP contribution in [0.1, 0.15) is 19.8 Å². The molecule has 80 valence electrons. The van der Waals surface area contributed by atoms with Gasteiger partial charge in [0.25, 0.3) is 0 Å². The van der Waals surface area contributed by atoms with Crippen LogP contribution < -0.4 is 5.73 Å². The van der Waals surface area contributed by atoms with Crippen molar-refractivity contribution >= 4 is 17.7 Å². The zero-order valence-corrected chi connectivity index (χ0v) is 9.43. The maximum atomic E-state index is 12.0. The van der Waals surface area contributed by atoms with Crippen molar-refractivity contribution in [3.05, 3.63) is 0 Å². The van der Waals surface area contributed by atoms with E-state index in [0.717, 1.165) is 25.3 Å². The van der Waals surface area contributed by atoms with E-state index in [1.54, 1.807) is 0 Å². The summed E-state index contributed by atoms with van der Waals surface area (Å²) in [4.78, 5) is 13.9. The lowest BCUT2D eigenvalue weighted by Gasteiger charge is -2.19. The van der Waals surface area contributed by atoms with Gasteiger partial charge in [0.1, 0.15) is 0 Å². The summed E-state index contributed by atoms with van der Waals surface area (Å²) in [6.45, 7) is 3.74. The summed E-state index contributed by atoms with van der Waals surface area (Å²) >= 11 is 1.81. The van der Waals surface area contributed by atoms with E-state index in [9.17, 15) is 4.79 Å². The summed E-state index contributed by atoms with van der Waals surface area (Å²) < 4.78 is 0. The highest BCUT2D eigenvalue weighted by atomic mass is 32.2. The number of hydrogen-bond acceptors (Lipinski definition) is 3. The standard InChI is InChI=1S/C10H18N2OS/c1-7-5-12(6-8(7)11)10(13)9-3-2-4-14-9/h7-9H,2-6,11H2,1H3. The first kappa shape index (κ1) is 10.3. The molecule has 1 amide bonds. The SMILES string of the molecule is CC1CN(C(=O)C2CCCS2)CC1N. The summed E-state index contributed by atoms with van der Waals surface area (Å²) in [5, 5.41) is 0.229. The Labute approximate surface area is 89.4 Å². The highest BCUT2D eigenvalue weighted by Gasteiger charge is 2.34. The summed E-state index contributed by atoms with van der Waals surface area (Å²) in [7, 11) is 0. The number of rotatable bonds is 1. The molecule has 2 rings (SSSR count). The molecule has 0 aromatic rings. The molecule has 2 heterocycles. The van der Waals surface area contributed by atoms with Gasteiger partial charge in [0.2, 0.25) is 5.91 Å². The first-order chi connectivity index (χ1) is 6.68. The number of nitrogens with zero attached hydrogens (tertiary/aromatic N) is 1. The number of thioether (sulfide) groups is 1. The molecule has 0 aromatic carbocycles. The summed E-state index contributed by atoms with van der Waals surface area (Å²) in [6.07, 6.45) is 2.25. The number of carbonyl (C=O) groups is 1. The van der Waals surface area contributed by atoms with E-state index in [-0.39, 0.29) is 11.3 Å². The molecule has 2 aliphatic rings. The Morgan fingerprint density at radius 1 is 1.50 bits per heavy atom. The highest BCUT2D eigenvalue weighted by Crippen LogP contribution is 2.29. The Morgan fingerprint density at radius 3 is 2.79 bits per heavy atom. The van der Waals surface area contributed by atoms with Crippen LogP contribution in [0.25, 0.3) is 0 Å². The molecule has 0 aliphatic carbocycles. The lowest BCUT2D eigenvalue weighted by Crippen LogP contribution is -2.36. The molecule has 14 heavy (non-hydrogen) atoms. The Bertz CT molecular complexity index is 218. The van der Waals surface area contributed by atoms with Crippen molar-refractivity contribution in [2.45, 2.75) is 31.1 Å². The van der Waals surface area contributed by atoms with Gasteiger partial charge in [-0.15, -0.1) is 11.8 Å². The van der Waals surface area contributed by atoms with Crippen molar-refractivity contribution in [3.8, 4) is 0 Å². The predicted octanol–water partition coefficient (Wildman–Crippen LogP) is 0.688. The second-order valence-electron chi connectivity index (χ2n) is 4.39. The van der Waals surface area contributed by atoms with Gasteiger partial charge in [-0.05, 0) is 24.5 Å². The molecule has 0 spiro atoms.